The number of benzene rings is 2. The molecule has 0 aliphatic heterocycles. The van der Waals surface area contributed by atoms with Crippen molar-refractivity contribution < 1.29 is 13.0 Å². The van der Waals surface area contributed by atoms with Crippen LogP contribution in [0.5, 0.6) is 0 Å². The molecule has 2 heterocycles. The zero-order chi connectivity index (χ0) is 21.7. The van der Waals surface area contributed by atoms with E-state index in [0.29, 0.717) is 0 Å². The molecule has 1 N–H and O–H groups in total. The second-order valence-corrected chi connectivity index (χ2v) is 7.57. The van der Waals surface area contributed by atoms with Gasteiger partial charge in [0.2, 0.25) is 0 Å². The Bertz CT molecular complexity index is 1260. The number of hydrogen-bond acceptors (Lipinski definition) is 9. The summed E-state index contributed by atoms with van der Waals surface area (Å²) < 4.78 is 35.0. The molecule has 0 radical (unpaired) electrons. The molecule has 4 aromatic rings. The van der Waals surface area contributed by atoms with Gasteiger partial charge in [-0.1, -0.05) is 54.6 Å². The van der Waals surface area contributed by atoms with Crippen molar-refractivity contribution in [2.45, 2.75) is 4.90 Å². The molecule has 11 heteroatoms. The molecule has 31 heavy (non-hydrogen) atoms. The molecule has 0 spiro atoms. The molecular formula is C20H15N7O3S. The lowest BCUT2D eigenvalue weighted by atomic mass is 10.1. The van der Waals surface area contributed by atoms with Gasteiger partial charge in [-0.3, -0.25) is 9.45 Å². The minimum Gasteiger partial charge on any atom is -0.282 e. The fourth-order valence-electron chi connectivity index (χ4n) is 2.95. The van der Waals surface area contributed by atoms with E-state index in [-0.39, 0.29) is 27.8 Å². The predicted octanol–water partition coefficient (Wildman–Crippen LogP) is 2.94. The van der Waals surface area contributed by atoms with Crippen molar-refractivity contribution in [3.05, 3.63) is 84.2 Å². The maximum atomic E-state index is 12.5. The van der Waals surface area contributed by atoms with E-state index in [4.69, 9.17) is 0 Å². The standard InChI is InChI=1S/C20H15N7O3S/c28-31(29,30)20-16(10-9-15-5-2-1-3-6-15)7-4-8-17(20)27(18-11-13-21-25-23-18)19-12-14-22-26-24-19/h1-14H,(H,28,29,30). The predicted molar refractivity (Wildman–Crippen MR) is 113 cm³/mol. The Morgan fingerprint density at radius 1 is 0.774 bits per heavy atom. The Hall–Kier alpha value is -4.09. The zero-order valence-corrected chi connectivity index (χ0v) is 16.7. The van der Waals surface area contributed by atoms with Gasteiger partial charge in [-0.15, -0.1) is 20.4 Å². The van der Waals surface area contributed by atoms with Gasteiger partial charge in [-0.25, -0.2) is 0 Å². The van der Waals surface area contributed by atoms with Gasteiger partial charge in [0.1, 0.15) is 4.90 Å². The summed E-state index contributed by atoms with van der Waals surface area (Å²) in [5.74, 6) is 0.453. The van der Waals surface area contributed by atoms with E-state index in [1.165, 1.54) is 35.5 Å². The van der Waals surface area contributed by atoms with Gasteiger partial charge < -0.3 is 0 Å². The Balaban J connectivity index is 1.93. The highest BCUT2D eigenvalue weighted by Gasteiger charge is 2.26. The van der Waals surface area contributed by atoms with Gasteiger partial charge in [0.15, 0.2) is 11.6 Å². The van der Waals surface area contributed by atoms with Gasteiger partial charge in [-0.2, -0.15) is 8.42 Å². The highest BCUT2D eigenvalue weighted by Crippen LogP contribution is 2.37. The first-order valence-corrected chi connectivity index (χ1v) is 10.4. The number of anilines is 3. The van der Waals surface area contributed by atoms with Crippen molar-refractivity contribution in [2.24, 2.45) is 0 Å². The molecule has 0 saturated carbocycles. The molecule has 0 aliphatic carbocycles. The normalized spacial score (nSPS) is 11.5. The molecule has 2 aromatic heterocycles. The van der Waals surface area contributed by atoms with E-state index in [1.807, 2.05) is 30.3 Å². The van der Waals surface area contributed by atoms with E-state index in [0.717, 1.165) is 5.56 Å². The third-order valence-electron chi connectivity index (χ3n) is 4.21. The summed E-state index contributed by atoms with van der Waals surface area (Å²) in [4.78, 5) is 1.08. The summed E-state index contributed by atoms with van der Waals surface area (Å²) in [5, 5.41) is 22.5. The van der Waals surface area contributed by atoms with Gasteiger partial charge in [0.25, 0.3) is 10.1 Å². The van der Waals surface area contributed by atoms with E-state index >= 15 is 0 Å². The minimum absolute atomic E-state index is 0.110. The minimum atomic E-state index is -4.65. The molecule has 0 aliphatic rings. The van der Waals surface area contributed by atoms with Crippen LogP contribution in [-0.4, -0.2) is 43.8 Å². The fourth-order valence-corrected chi connectivity index (χ4v) is 3.81. The monoisotopic (exact) mass is 433 g/mol. The number of aromatic nitrogens is 6. The second-order valence-electron chi connectivity index (χ2n) is 6.21. The lowest BCUT2D eigenvalue weighted by Crippen LogP contribution is -2.18. The van der Waals surface area contributed by atoms with Crippen molar-refractivity contribution in [3.63, 3.8) is 0 Å². The third-order valence-corrected chi connectivity index (χ3v) is 5.18. The molecule has 0 fully saturated rings. The van der Waals surface area contributed by atoms with Crippen LogP contribution in [-0.2, 0) is 10.1 Å². The van der Waals surface area contributed by atoms with Crippen LogP contribution in [0.2, 0.25) is 0 Å². The summed E-state index contributed by atoms with van der Waals surface area (Å²) in [7, 11) is -4.65. The molecule has 0 amide bonds. The molecule has 0 atom stereocenters. The third kappa shape index (κ3) is 4.57. The molecule has 10 nitrogen and oxygen atoms in total. The highest BCUT2D eigenvalue weighted by atomic mass is 32.2. The van der Waals surface area contributed by atoms with Crippen LogP contribution in [0.25, 0.3) is 12.2 Å². The van der Waals surface area contributed by atoms with Gasteiger partial charge in [-0.05, 0) is 27.6 Å². The first-order valence-electron chi connectivity index (χ1n) is 8.96. The van der Waals surface area contributed by atoms with E-state index in [1.54, 1.807) is 24.3 Å². The fraction of sp³-hybridized carbons (Fsp3) is 0. The average Bonchev–Trinajstić information content (AvgIpc) is 2.79. The quantitative estimate of drug-likeness (QED) is 0.357. The van der Waals surface area contributed by atoms with Crippen molar-refractivity contribution in [1.82, 2.24) is 30.8 Å². The summed E-state index contributed by atoms with van der Waals surface area (Å²) in [6.45, 7) is 0. The largest absolute Gasteiger partial charge is 0.297 e. The summed E-state index contributed by atoms with van der Waals surface area (Å²) in [6.07, 6.45) is 6.15. The van der Waals surface area contributed by atoms with Gasteiger partial charge in [0, 0.05) is 12.1 Å². The molecule has 0 bridgehead atoms. The Kier molecular flexibility index (Phi) is 5.69. The summed E-state index contributed by atoms with van der Waals surface area (Å²) in [5.41, 5.74) is 1.25. The summed E-state index contributed by atoms with van der Waals surface area (Å²) >= 11 is 0. The zero-order valence-electron chi connectivity index (χ0n) is 15.9. The van der Waals surface area contributed by atoms with Crippen LogP contribution in [0.15, 0.2) is 78.0 Å². The molecular weight excluding hydrogens is 418 g/mol. The number of hydrogen-bond donors (Lipinski definition) is 1. The molecule has 154 valence electrons. The maximum absolute atomic E-state index is 12.5. The van der Waals surface area contributed by atoms with Crippen molar-refractivity contribution in [3.8, 4) is 0 Å². The Labute approximate surface area is 177 Å². The number of nitrogens with zero attached hydrogens (tertiary/aromatic N) is 7. The first kappa shape index (κ1) is 20.2. The second kappa shape index (κ2) is 8.73. The number of rotatable bonds is 6. The first-order chi connectivity index (χ1) is 15.0. The van der Waals surface area contributed by atoms with Crippen LogP contribution in [0.1, 0.15) is 11.1 Å². The van der Waals surface area contributed by atoms with Crippen LogP contribution in [0.3, 0.4) is 0 Å². The Morgan fingerprint density at radius 2 is 1.42 bits per heavy atom. The van der Waals surface area contributed by atoms with Crippen molar-refractivity contribution >= 4 is 39.6 Å². The molecule has 0 unspecified atom stereocenters. The molecule has 0 saturated heterocycles. The van der Waals surface area contributed by atoms with Crippen LogP contribution in [0.4, 0.5) is 17.3 Å². The van der Waals surface area contributed by atoms with Crippen molar-refractivity contribution in [2.75, 3.05) is 4.90 Å². The lowest BCUT2D eigenvalue weighted by molar-refractivity contribution is 0.483. The smallest absolute Gasteiger partial charge is 0.282 e. The SMILES string of the molecule is O=S(=O)(O)c1c(C=Cc2ccccc2)cccc1N(c1ccnnn1)c1ccnnn1. The van der Waals surface area contributed by atoms with Crippen molar-refractivity contribution in [1.29, 1.82) is 0 Å². The van der Waals surface area contributed by atoms with E-state index in [9.17, 15) is 13.0 Å². The van der Waals surface area contributed by atoms with Crippen LogP contribution in [0, 0.1) is 0 Å². The van der Waals surface area contributed by atoms with Crippen LogP contribution >= 0.6 is 0 Å². The van der Waals surface area contributed by atoms with E-state index in [2.05, 4.69) is 30.8 Å². The lowest BCUT2D eigenvalue weighted by Gasteiger charge is -2.23. The maximum Gasteiger partial charge on any atom is 0.297 e. The molecule has 2 aromatic carbocycles. The van der Waals surface area contributed by atoms with Gasteiger partial charge >= 0.3 is 0 Å². The highest BCUT2D eigenvalue weighted by molar-refractivity contribution is 7.86. The summed E-state index contributed by atoms with van der Waals surface area (Å²) in [6, 6.07) is 17.2. The van der Waals surface area contributed by atoms with Gasteiger partial charge in [0.05, 0.1) is 18.1 Å². The Morgan fingerprint density at radius 3 is 1.97 bits per heavy atom. The molecule has 4 rings (SSSR count). The van der Waals surface area contributed by atoms with Crippen LogP contribution < -0.4 is 4.90 Å². The van der Waals surface area contributed by atoms with E-state index < -0.39 is 10.1 Å². The average molecular weight is 433 g/mol. The topological polar surface area (TPSA) is 135 Å².